The van der Waals surface area contributed by atoms with Gasteiger partial charge in [-0.05, 0) is 44.9 Å². The molecule has 0 spiro atoms. The number of benzene rings is 1. The average Bonchev–Trinajstić information content (AvgIpc) is 2.35. The summed E-state index contributed by atoms with van der Waals surface area (Å²) in [6, 6.07) is 3.73. The normalized spacial score (nSPS) is 10.2. The fourth-order valence-electron chi connectivity index (χ4n) is 2.08. The topological polar surface area (TPSA) is 49.4 Å². The zero-order chi connectivity index (χ0) is 15.3. The van der Waals surface area contributed by atoms with Crippen LogP contribution in [0.3, 0.4) is 0 Å². The molecular formula is C15H21ClN2O2. The zero-order valence-electron chi connectivity index (χ0n) is 12.4. The molecule has 1 aromatic rings. The highest BCUT2D eigenvalue weighted by Gasteiger charge is 2.16. The largest absolute Gasteiger partial charge is 0.343 e. The first-order chi connectivity index (χ1) is 9.38. The Morgan fingerprint density at radius 2 is 1.80 bits per heavy atom. The fourth-order valence-corrected chi connectivity index (χ4v) is 2.45. The van der Waals surface area contributed by atoms with Crippen LogP contribution in [0.5, 0.6) is 0 Å². The lowest BCUT2D eigenvalue weighted by Gasteiger charge is -2.18. The predicted molar refractivity (Wildman–Crippen MR) is 82.1 cm³/mol. The third kappa shape index (κ3) is 4.23. The van der Waals surface area contributed by atoms with Gasteiger partial charge in [0.15, 0.2) is 0 Å². The van der Waals surface area contributed by atoms with Gasteiger partial charge in [0, 0.05) is 13.1 Å². The maximum absolute atomic E-state index is 11.9. The third-order valence-corrected chi connectivity index (χ3v) is 3.42. The van der Waals surface area contributed by atoms with Gasteiger partial charge in [-0.25, -0.2) is 0 Å². The van der Waals surface area contributed by atoms with E-state index in [0.29, 0.717) is 23.8 Å². The summed E-state index contributed by atoms with van der Waals surface area (Å²) in [4.78, 5) is 25.4. The van der Waals surface area contributed by atoms with Gasteiger partial charge in [-0.3, -0.25) is 9.59 Å². The Bertz CT molecular complexity index is 488. The molecule has 0 aliphatic rings. The number of anilines is 1. The number of amides is 2. The molecule has 0 heterocycles. The highest BCUT2D eigenvalue weighted by atomic mass is 35.5. The molecule has 0 aromatic heterocycles. The van der Waals surface area contributed by atoms with Gasteiger partial charge in [-0.1, -0.05) is 17.7 Å². The molecule has 0 fully saturated rings. The number of carbonyl (C=O) groups is 2. The monoisotopic (exact) mass is 296 g/mol. The second kappa shape index (κ2) is 7.29. The van der Waals surface area contributed by atoms with Crippen LogP contribution < -0.4 is 5.32 Å². The molecule has 0 radical (unpaired) electrons. The molecule has 0 saturated carbocycles. The number of nitrogens with zero attached hydrogens (tertiary/aromatic N) is 1. The van der Waals surface area contributed by atoms with E-state index in [1.54, 1.807) is 11.0 Å². The van der Waals surface area contributed by atoms with E-state index >= 15 is 0 Å². The van der Waals surface area contributed by atoms with Crippen LogP contribution in [0.1, 0.15) is 31.4 Å². The molecule has 0 bridgehead atoms. The van der Waals surface area contributed by atoms with Crippen LogP contribution in [0.4, 0.5) is 5.69 Å². The standard InChI is InChI=1S/C15H21ClN2O2/c1-5-18(6-2)14(20)9-13(19)17-15-11(4)7-10(3)8-12(15)16/h7-8H,5-6,9H2,1-4H3,(H,17,19). The van der Waals surface area contributed by atoms with Crippen LogP contribution in [0.25, 0.3) is 0 Å². The van der Waals surface area contributed by atoms with Crippen molar-refractivity contribution in [1.82, 2.24) is 4.90 Å². The molecular weight excluding hydrogens is 276 g/mol. The van der Waals surface area contributed by atoms with Crippen molar-refractivity contribution in [3.8, 4) is 0 Å². The number of aryl methyl sites for hydroxylation is 2. The van der Waals surface area contributed by atoms with E-state index in [2.05, 4.69) is 5.32 Å². The van der Waals surface area contributed by atoms with E-state index in [9.17, 15) is 9.59 Å². The minimum Gasteiger partial charge on any atom is -0.343 e. The summed E-state index contributed by atoms with van der Waals surface area (Å²) >= 11 is 6.12. The molecule has 110 valence electrons. The Hall–Kier alpha value is -1.55. The van der Waals surface area contributed by atoms with E-state index in [1.807, 2.05) is 33.8 Å². The molecule has 0 aliphatic heterocycles. The number of rotatable bonds is 5. The van der Waals surface area contributed by atoms with Crippen molar-refractivity contribution in [2.75, 3.05) is 18.4 Å². The van der Waals surface area contributed by atoms with Crippen LogP contribution in [0.2, 0.25) is 5.02 Å². The predicted octanol–water partition coefficient (Wildman–Crippen LogP) is 3.15. The summed E-state index contributed by atoms with van der Waals surface area (Å²) in [5.41, 5.74) is 2.50. The molecule has 5 heteroatoms. The van der Waals surface area contributed by atoms with Gasteiger partial charge in [-0.2, -0.15) is 0 Å². The number of carbonyl (C=O) groups excluding carboxylic acids is 2. The molecule has 4 nitrogen and oxygen atoms in total. The summed E-state index contributed by atoms with van der Waals surface area (Å²) in [6.45, 7) is 8.80. The van der Waals surface area contributed by atoms with Crippen molar-refractivity contribution in [3.63, 3.8) is 0 Å². The highest BCUT2D eigenvalue weighted by molar-refractivity contribution is 6.34. The molecule has 0 unspecified atom stereocenters. The van der Waals surface area contributed by atoms with Gasteiger partial charge >= 0.3 is 0 Å². The second-order valence-corrected chi connectivity index (χ2v) is 5.14. The quantitative estimate of drug-likeness (QED) is 0.849. The first-order valence-corrected chi connectivity index (χ1v) is 7.11. The zero-order valence-corrected chi connectivity index (χ0v) is 13.2. The minimum absolute atomic E-state index is 0.161. The average molecular weight is 297 g/mol. The van der Waals surface area contributed by atoms with Crippen molar-refractivity contribution >= 4 is 29.1 Å². The first-order valence-electron chi connectivity index (χ1n) is 6.73. The van der Waals surface area contributed by atoms with E-state index in [-0.39, 0.29) is 18.2 Å². The van der Waals surface area contributed by atoms with Crippen molar-refractivity contribution in [2.24, 2.45) is 0 Å². The van der Waals surface area contributed by atoms with Crippen LogP contribution in [-0.4, -0.2) is 29.8 Å². The van der Waals surface area contributed by atoms with Crippen molar-refractivity contribution in [1.29, 1.82) is 0 Å². The highest BCUT2D eigenvalue weighted by Crippen LogP contribution is 2.27. The SMILES string of the molecule is CCN(CC)C(=O)CC(=O)Nc1c(C)cc(C)cc1Cl. The fraction of sp³-hybridized carbons (Fsp3) is 0.467. The van der Waals surface area contributed by atoms with Crippen LogP contribution in [0, 0.1) is 13.8 Å². The van der Waals surface area contributed by atoms with Gasteiger partial charge in [0.1, 0.15) is 6.42 Å². The molecule has 1 rings (SSSR count). The Kier molecular flexibility index (Phi) is 6.02. The van der Waals surface area contributed by atoms with E-state index in [0.717, 1.165) is 11.1 Å². The number of nitrogens with one attached hydrogen (secondary N) is 1. The summed E-state index contributed by atoms with van der Waals surface area (Å²) < 4.78 is 0. The van der Waals surface area contributed by atoms with Crippen molar-refractivity contribution in [3.05, 3.63) is 28.3 Å². The third-order valence-electron chi connectivity index (χ3n) is 3.12. The Morgan fingerprint density at radius 3 is 2.30 bits per heavy atom. The second-order valence-electron chi connectivity index (χ2n) is 4.73. The molecule has 2 amide bonds. The summed E-state index contributed by atoms with van der Waals surface area (Å²) in [5.74, 6) is -0.510. The maximum Gasteiger partial charge on any atom is 0.233 e. The molecule has 0 atom stereocenters. The number of hydrogen-bond acceptors (Lipinski definition) is 2. The van der Waals surface area contributed by atoms with E-state index in [1.165, 1.54) is 0 Å². The van der Waals surface area contributed by atoms with Crippen molar-refractivity contribution in [2.45, 2.75) is 34.1 Å². The number of halogens is 1. The lowest BCUT2D eigenvalue weighted by Crippen LogP contribution is -2.33. The Labute approximate surface area is 125 Å². The molecule has 0 aliphatic carbocycles. The van der Waals surface area contributed by atoms with Crippen LogP contribution in [0.15, 0.2) is 12.1 Å². The summed E-state index contributed by atoms with van der Waals surface area (Å²) in [5, 5.41) is 3.21. The number of hydrogen-bond donors (Lipinski definition) is 1. The van der Waals surface area contributed by atoms with E-state index < -0.39 is 0 Å². The van der Waals surface area contributed by atoms with Gasteiger partial charge in [0.2, 0.25) is 11.8 Å². The molecule has 0 saturated heterocycles. The molecule has 1 N–H and O–H groups in total. The van der Waals surface area contributed by atoms with Gasteiger partial charge < -0.3 is 10.2 Å². The lowest BCUT2D eigenvalue weighted by atomic mass is 10.1. The maximum atomic E-state index is 11.9. The van der Waals surface area contributed by atoms with Crippen molar-refractivity contribution < 1.29 is 9.59 Å². The first kappa shape index (κ1) is 16.5. The van der Waals surface area contributed by atoms with Gasteiger partial charge in [0.25, 0.3) is 0 Å². The van der Waals surface area contributed by atoms with E-state index in [4.69, 9.17) is 11.6 Å². The van der Waals surface area contributed by atoms with Gasteiger partial charge in [0.05, 0.1) is 10.7 Å². The summed E-state index contributed by atoms with van der Waals surface area (Å²) in [7, 11) is 0. The lowest BCUT2D eigenvalue weighted by molar-refractivity contribution is -0.134. The molecule has 20 heavy (non-hydrogen) atoms. The van der Waals surface area contributed by atoms with Crippen LogP contribution >= 0.6 is 11.6 Å². The Morgan fingerprint density at radius 1 is 1.20 bits per heavy atom. The minimum atomic E-state index is -0.337. The van der Waals surface area contributed by atoms with Crippen LogP contribution in [-0.2, 0) is 9.59 Å². The smallest absolute Gasteiger partial charge is 0.233 e. The Balaban J connectivity index is 2.75. The molecule has 1 aromatic carbocycles. The van der Waals surface area contributed by atoms with Gasteiger partial charge in [-0.15, -0.1) is 0 Å². The summed E-state index contributed by atoms with van der Waals surface area (Å²) in [6.07, 6.45) is -0.161.